The Hall–Kier alpha value is -0.810. The Morgan fingerprint density at radius 1 is 1.09 bits per heavy atom. The second-order valence-corrected chi connectivity index (χ2v) is 7.05. The normalized spacial score (nSPS) is 20.7. The molecule has 0 bridgehead atoms. The zero-order chi connectivity index (χ0) is 16.2. The molecular weight excluding hydrogens is 335 g/mol. The van der Waals surface area contributed by atoms with Gasteiger partial charge in [-0.1, -0.05) is 29.3 Å². The van der Waals surface area contributed by atoms with Crippen molar-refractivity contribution in [3.8, 4) is 0 Å². The van der Waals surface area contributed by atoms with Gasteiger partial charge in [0.25, 0.3) is 0 Å². The first-order chi connectivity index (χ1) is 11.1. The number of rotatable bonds is 3. The summed E-state index contributed by atoms with van der Waals surface area (Å²) in [5.41, 5.74) is 1.16. The van der Waals surface area contributed by atoms with Crippen LogP contribution in [0.4, 0.5) is 0 Å². The number of carbonyl (C=O) groups excluding carboxylic acids is 1. The van der Waals surface area contributed by atoms with Crippen LogP contribution in [0, 0.1) is 5.92 Å². The highest BCUT2D eigenvalue weighted by atomic mass is 35.5. The smallest absolute Gasteiger partial charge is 0.225 e. The minimum atomic E-state index is 0.165. The molecule has 2 aliphatic heterocycles. The Morgan fingerprint density at radius 2 is 1.78 bits per heavy atom. The molecule has 6 heteroatoms. The monoisotopic (exact) mass is 356 g/mol. The van der Waals surface area contributed by atoms with E-state index in [1.165, 1.54) is 0 Å². The number of hydrogen-bond acceptors (Lipinski definition) is 3. The van der Waals surface area contributed by atoms with Crippen LogP contribution in [0.15, 0.2) is 18.2 Å². The molecule has 0 unspecified atom stereocenters. The molecule has 2 saturated heterocycles. The summed E-state index contributed by atoms with van der Waals surface area (Å²) in [7, 11) is 0. The molecule has 1 aromatic rings. The lowest BCUT2D eigenvalue weighted by atomic mass is 9.94. The summed E-state index contributed by atoms with van der Waals surface area (Å²) >= 11 is 12.0. The maximum Gasteiger partial charge on any atom is 0.225 e. The van der Waals surface area contributed by atoms with Crippen LogP contribution in [-0.4, -0.2) is 55.1 Å². The Balaban J connectivity index is 1.49. The predicted molar refractivity (Wildman–Crippen MR) is 91.9 cm³/mol. The van der Waals surface area contributed by atoms with Crippen LogP contribution in [-0.2, 0) is 16.1 Å². The first-order valence-electron chi connectivity index (χ1n) is 8.16. The molecule has 1 aromatic carbocycles. The lowest BCUT2D eigenvalue weighted by Crippen LogP contribution is -2.46. The van der Waals surface area contributed by atoms with E-state index in [1.807, 2.05) is 23.1 Å². The molecule has 0 aromatic heterocycles. The Labute approximate surface area is 147 Å². The largest absolute Gasteiger partial charge is 0.378 e. The Kier molecular flexibility index (Phi) is 5.81. The number of likely N-dealkylation sites (tertiary alicyclic amines) is 1. The molecule has 2 heterocycles. The van der Waals surface area contributed by atoms with Gasteiger partial charge in [0, 0.05) is 25.6 Å². The summed E-state index contributed by atoms with van der Waals surface area (Å²) in [6.07, 6.45) is 1.86. The van der Waals surface area contributed by atoms with Gasteiger partial charge in [0.1, 0.15) is 0 Å². The minimum absolute atomic E-state index is 0.165. The van der Waals surface area contributed by atoms with Crippen molar-refractivity contribution >= 4 is 29.1 Å². The third-order valence-corrected chi connectivity index (χ3v) is 5.39. The van der Waals surface area contributed by atoms with Gasteiger partial charge >= 0.3 is 0 Å². The highest BCUT2D eigenvalue weighted by molar-refractivity contribution is 6.42. The molecular formula is C17H22Cl2N2O2. The first kappa shape index (κ1) is 17.0. The van der Waals surface area contributed by atoms with E-state index in [1.54, 1.807) is 0 Å². The zero-order valence-electron chi connectivity index (χ0n) is 13.1. The van der Waals surface area contributed by atoms with Crippen LogP contribution >= 0.6 is 23.2 Å². The van der Waals surface area contributed by atoms with Crippen LogP contribution in [0.25, 0.3) is 0 Å². The summed E-state index contributed by atoms with van der Waals surface area (Å²) in [6, 6.07) is 5.78. The Bertz CT molecular complexity index is 554. The van der Waals surface area contributed by atoms with Gasteiger partial charge in [0.05, 0.1) is 23.3 Å². The molecule has 0 radical (unpaired) electrons. The fourth-order valence-corrected chi connectivity index (χ4v) is 3.60. The van der Waals surface area contributed by atoms with Gasteiger partial charge < -0.3 is 9.64 Å². The van der Waals surface area contributed by atoms with E-state index in [4.69, 9.17) is 27.9 Å². The second kappa shape index (κ2) is 7.84. The number of halogens is 2. The summed E-state index contributed by atoms with van der Waals surface area (Å²) < 4.78 is 5.32. The maximum atomic E-state index is 12.5. The molecule has 0 atom stereocenters. The quantitative estimate of drug-likeness (QED) is 0.834. The van der Waals surface area contributed by atoms with Crippen molar-refractivity contribution in [2.75, 3.05) is 39.4 Å². The van der Waals surface area contributed by atoms with Crippen molar-refractivity contribution in [1.29, 1.82) is 0 Å². The molecule has 0 saturated carbocycles. The fraction of sp³-hybridized carbons (Fsp3) is 0.588. The number of morpholine rings is 1. The van der Waals surface area contributed by atoms with Gasteiger partial charge in [-0.15, -0.1) is 0 Å². The van der Waals surface area contributed by atoms with Crippen molar-refractivity contribution in [2.45, 2.75) is 19.4 Å². The molecule has 23 heavy (non-hydrogen) atoms. The van der Waals surface area contributed by atoms with Crippen LogP contribution in [0.3, 0.4) is 0 Å². The van der Waals surface area contributed by atoms with Crippen molar-refractivity contribution < 1.29 is 9.53 Å². The number of piperidine rings is 1. The van der Waals surface area contributed by atoms with Crippen molar-refractivity contribution in [3.05, 3.63) is 33.8 Å². The van der Waals surface area contributed by atoms with Gasteiger partial charge in [-0.05, 0) is 43.6 Å². The highest BCUT2D eigenvalue weighted by Crippen LogP contribution is 2.25. The highest BCUT2D eigenvalue weighted by Gasteiger charge is 2.29. The van der Waals surface area contributed by atoms with Crippen LogP contribution in [0.1, 0.15) is 18.4 Å². The fourth-order valence-electron chi connectivity index (χ4n) is 3.28. The topological polar surface area (TPSA) is 32.8 Å². The third-order valence-electron chi connectivity index (χ3n) is 4.65. The van der Waals surface area contributed by atoms with E-state index in [2.05, 4.69) is 4.90 Å². The molecule has 3 rings (SSSR count). The number of nitrogens with zero attached hydrogens (tertiary/aromatic N) is 2. The van der Waals surface area contributed by atoms with E-state index in [9.17, 15) is 4.79 Å². The lowest BCUT2D eigenvalue weighted by Gasteiger charge is -2.35. The van der Waals surface area contributed by atoms with Gasteiger partial charge in [-0.25, -0.2) is 0 Å². The van der Waals surface area contributed by atoms with Crippen LogP contribution in [0.2, 0.25) is 10.0 Å². The average Bonchev–Trinajstić information content (AvgIpc) is 2.59. The number of hydrogen-bond donors (Lipinski definition) is 0. The summed E-state index contributed by atoms with van der Waals surface area (Å²) in [4.78, 5) is 16.9. The van der Waals surface area contributed by atoms with Gasteiger partial charge in [-0.2, -0.15) is 0 Å². The first-order valence-corrected chi connectivity index (χ1v) is 8.92. The van der Waals surface area contributed by atoms with E-state index in [-0.39, 0.29) is 5.92 Å². The number of carbonyl (C=O) groups is 1. The molecule has 1 amide bonds. The van der Waals surface area contributed by atoms with Crippen molar-refractivity contribution in [1.82, 2.24) is 9.80 Å². The molecule has 2 aliphatic rings. The average molecular weight is 357 g/mol. The van der Waals surface area contributed by atoms with E-state index < -0.39 is 0 Å². The SMILES string of the molecule is O=C(C1CCN(Cc2ccc(Cl)c(Cl)c2)CC1)N1CCOCC1. The minimum Gasteiger partial charge on any atom is -0.378 e. The third kappa shape index (κ3) is 4.38. The van der Waals surface area contributed by atoms with Gasteiger partial charge in [-0.3, -0.25) is 9.69 Å². The van der Waals surface area contributed by atoms with Crippen LogP contribution in [0.5, 0.6) is 0 Å². The Morgan fingerprint density at radius 3 is 2.43 bits per heavy atom. The zero-order valence-corrected chi connectivity index (χ0v) is 14.7. The lowest BCUT2D eigenvalue weighted by molar-refractivity contribution is -0.141. The predicted octanol–water partition coefficient (Wildman–Crippen LogP) is 3.06. The molecule has 4 nitrogen and oxygen atoms in total. The standard InChI is InChI=1S/C17H22Cl2N2O2/c18-15-2-1-13(11-16(15)19)12-20-5-3-14(4-6-20)17(22)21-7-9-23-10-8-21/h1-2,11,14H,3-10,12H2. The molecule has 126 valence electrons. The van der Waals surface area contributed by atoms with E-state index >= 15 is 0 Å². The van der Waals surface area contributed by atoms with E-state index in [0.717, 1.165) is 51.1 Å². The second-order valence-electron chi connectivity index (χ2n) is 6.24. The number of amides is 1. The summed E-state index contributed by atoms with van der Waals surface area (Å²) in [6.45, 7) is 5.56. The summed E-state index contributed by atoms with van der Waals surface area (Å²) in [5, 5.41) is 1.19. The molecule has 0 N–H and O–H groups in total. The van der Waals surface area contributed by atoms with E-state index in [0.29, 0.717) is 29.2 Å². The van der Waals surface area contributed by atoms with Crippen molar-refractivity contribution in [3.63, 3.8) is 0 Å². The summed E-state index contributed by atoms with van der Waals surface area (Å²) in [5.74, 6) is 0.473. The van der Waals surface area contributed by atoms with Crippen LogP contribution < -0.4 is 0 Å². The number of ether oxygens (including phenoxy) is 1. The van der Waals surface area contributed by atoms with Gasteiger partial charge in [0.15, 0.2) is 0 Å². The van der Waals surface area contributed by atoms with Crippen molar-refractivity contribution in [2.24, 2.45) is 5.92 Å². The van der Waals surface area contributed by atoms with Gasteiger partial charge in [0.2, 0.25) is 5.91 Å². The number of benzene rings is 1. The molecule has 2 fully saturated rings. The molecule has 0 spiro atoms. The maximum absolute atomic E-state index is 12.5. The molecule has 0 aliphatic carbocycles.